The van der Waals surface area contributed by atoms with Gasteiger partial charge in [-0.2, -0.15) is 4.99 Å². The lowest BCUT2D eigenvalue weighted by Crippen LogP contribution is -2.13. The van der Waals surface area contributed by atoms with Gasteiger partial charge < -0.3 is 0 Å². The van der Waals surface area contributed by atoms with Crippen LogP contribution in [0.25, 0.3) is 0 Å². The van der Waals surface area contributed by atoms with E-state index in [9.17, 15) is 4.39 Å². The molecule has 0 radical (unpaired) electrons. The minimum atomic E-state index is -0.551. The first kappa shape index (κ1) is 22.7. The van der Waals surface area contributed by atoms with Gasteiger partial charge >= 0.3 is 0 Å². The third kappa shape index (κ3) is 6.26. The molecule has 2 aromatic rings. The van der Waals surface area contributed by atoms with Crippen molar-refractivity contribution in [2.45, 2.75) is 64.2 Å². The standard InChI is InChI=1S/C26H27ClFNS/c1-2-3-4-5-19-8-12-22(13-9-19)23-14-10-20(11-15-23)6-7-21-16-24(27)26(29-18-30)25(28)17-21/h10-11,14-17,19,22H,2-5,8-9,12-13H2,1H3. The maximum absolute atomic E-state index is 14.1. The predicted octanol–water partition coefficient (Wildman–Crippen LogP) is 8.47. The molecular formula is C26H27ClFNS. The third-order valence-electron chi connectivity index (χ3n) is 5.97. The summed E-state index contributed by atoms with van der Waals surface area (Å²) in [4.78, 5) is 3.65. The van der Waals surface area contributed by atoms with Crippen LogP contribution in [0.15, 0.2) is 41.4 Å². The quantitative estimate of drug-likeness (QED) is 0.190. The number of thiocarbonyl (C=S) groups is 1. The highest BCUT2D eigenvalue weighted by atomic mass is 35.5. The number of hydrogen-bond donors (Lipinski definition) is 0. The number of unbranched alkanes of at least 4 members (excludes halogenated alkanes) is 2. The van der Waals surface area contributed by atoms with Crippen molar-refractivity contribution >= 4 is 34.7 Å². The Balaban J connectivity index is 1.61. The third-order valence-corrected chi connectivity index (χ3v) is 6.35. The van der Waals surface area contributed by atoms with Crippen LogP contribution in [-0.2, 0) is 0 Å². The molecule has 1 saturated carbocycles. The lowest BCUT2D eigenvalue weighted by molar-refractivity contribution is 0.303. The summed E-state index contributed by atoms with van der Waals surface area (Å²) in [6.07, 6.45) is 10.7. The van der Waals surface area contributed by atoms with Crippen LogP contribution in [0.3, 0.4) is 0 Å². The molecule has 0 aromatic heterocycles. The Kier molecular flexibility index (Phi) is 8.64. The summed E-state index contributed by atoms with van der Waals surface area (Å²) in [5.74, 6) is 7.10. The number of benzene rings is 2. The molecule has 4 heteroatoms. The normalized spacial score (nSPS) is 18.2. The van der Waals surface area contributed by atoms with E-state index < -0.39 is 5.82 Å². The van der Waals surface area contributed by atoms with Crippen LogP contribution in [0, 0.1) is 23.6 Å². The summed E-state index contributed by atoms with van der Waals surface area (Å²) >= 11 is 10.6. The second-order valence-corrected chi connectivity index (χ2v) is 8.67. The summed E-state index contributed by atoms with van der Waals surface area (Å²) in [5, 5.41) is 2.31. The van der Waals surface area contributed by atoms with Crippen LogP contribution in [0.2, 0.25) is 5.02 Å². The fourth-order valence-corrected chi connectivity index (χ4v) is 4.58. The van der Waals surface area contributed by atoms with E-state index in [-0.39, 0.29) is 10.7 Å². The molecule has 1 fully saturated rings. The van der Waals surface area contributed by atoms with E-state index in [0.29, 0.717) is 11.5 Å². The van der Waals surface area contributed by atoms with E-state index in [1.165, 1.54) is 63.0 Å². The van der Waals surface area contributed by atoms with Crippen LogP contribution >= 0.6 is 23.8 Å². The zero-order valence-corrected chi connectivity index (χ0v) is 19.0. The zero-order chi connectivity index (χ0) is 21.3. The Morgan fingerprint density at radius 1 is 1.03 bits per heavy atom. The molecule has 1 aliphatic rings. The first-order chi connectivity index (χ1) is 14.6. The van der Waals surface area contributed by atoms with Crippen LogP contribution in [0.5, 0.6) is 0 Å². The lowest BCUT2D eigenvalue weighted by Gasteiger charge is -2.29. The van der Waals surface area contributed by atoms with E-state index in [4.69, 9.17) is 11.6 Å². The molecule has 0 N–H and O–H groups in total. The zero-order valence-electron chi connectivity index (χ0n) is 17.4. The molecule has 0 atom stereocenters. The van der Waals surface area contributed by atoms with E-state index in [1.54, 1.807) is 6.07 Å². The number of isothiocyanates is 1. The molecule has 0 aliphatic heterocycles. The molecular weight excluding hydrogens is 413 g/mol. The van der Waals surface area contributed by atoms with Gasteiger partial charge in [-0.05, 0) is 79.6 Å². The summed E-state index contributed by atoms with van der Waals surface area (Å²) in [6.45, 7) is 2.27. The van der Waals surface area contributed by atoms with Crippen LogP contribution in [-0.4, -0.2) is 5.16 Å². The molecule has 3 rings (SSSR count). The van der Waals surface area contributed by atoms with Gasteiger partial charge in [0.25, 0.3) is 0 Å². The average Bonchev–Trinajstić information content (AvgIpc) is 2.76. The van der Waals surface area contributed by atoms with E-state index in [2.05, 4.69) is 65.4 Å². The molecule has 1 aliphatic carbocycles. The van der Waals surface area contributed by atoms with Crippen molar-refractivity contribution in [1.29, 1.82) is 0 Å². The fraction of sp³-hybridized carbons (Fsp3) is 0.423. The topological polar surface area (TPSA) is 12.4 Å². The molecule has 0 saturated heterocycles. The van der Waals surface area contributed by atoms with Gasteiger partial charge in [-0.15, -0.1) is 0 Å². The van der Waals surface area contributed by atoms with Crippen molar-refractivity contribution in [3.8, 4) is 11.8 Å². The predicted molar refractivity (Wildman–Crippen MR) is 127 cm³/mol. The fourth-order valence-electron chi connectivity index (χ4n) is 4.24. The highest BCUT2D eigenvalue weighted by Crippen LogP contribution is 2.37. The summed E-state index contributed by atoms with van der Waals surface area (Å²) < 4.78 is 14.1. The summed E-state index contributed by atoms with van der Waals surface area (Å²) in [6, 6.07) is 11.4. The molecule has 0 unspecified atom stereocenters. The van der Waals surface area contributed by atoms with E-state index >= 15 is 0 Å². The molecule has 30 heavy (non-hydrogen) atoms. The van der Waals surface area contributed by atoms with Gasteiger partial charge in [0.2, 0.25) is 0 Å². The number of hydrogen-bond acceptors (Lipinski definition) is 2. The number of rotatable bonds is 6. The van der Waals surface area contributed by atoms with Crippen LogP contribution in [0.1, 0.15) is 80.9 Å². The maximum atomic E-state index is 14.1. The number of nitrogens with zero attached hydrogens (tertiary/aromatic N) is 1. The first-order valence-electron chi connectivity index (χ1n) is 10.8. The Hall–Kier alpha value is -1.98. The summed E-state index contributed by atoms with van der Waals surface area (Å²) in [7, 11) is 0. The molecule has 2 aromatic carbocycles. The first-order valence-corrected chi connectivity index (χ1v) is 11.6. The molecule has 0 bridgehead atoms. The average molecular weight is 440 g/mol. The molecule has 0 heterocycles. The van der Waals surface area contributed by atoms with Gasteiger partial charge in [-0.1, -0.05) is 68.2 Å². The number of halogens is 2. The highest BCUT2D eigenvalue weighted by molar-refractivity contribution is 7.78. The SMILES string of the molecule is CCCCCC1CCC(c2ccc(C#Cc3cc(F)c(N=C=S)c(Cl)c3)cc2)CC1. The molecule has 0 spiro atoms. The largest absolute Gasteiger partial charge is 0.204 e. The van der Waals surface area contributed by atoms with Crippen LogP contribution in [0.4, 0.5) is 10.1 Å². The van der Waals surface area contributed by atoms with E-state index in [0.717, 1.165) is 11.5 Å². The lowest BCUT2D eigenvalue weighted by atomic mass is 9.77. The highest BCUT2D eigenvalue weighted by Gasteiger charge is 2.21. The van der Waals surface area contributed by atoms with Gasteiger partial charge in [0, 0.05) is 11.1 Å². The smallest absolute Gasteiger partial charge is 0.152 e. The van der Waals surface area contributed by atoms with Crippen molar-refractivity contribution in [2.24, 2.45) is 10.9 Å². The molecule has 156 valence electrons. The Bertz CT molecular complexity index is 936. The van der Waals surface area contributed by atoms with Crippen molar-refractivity contribution in [3.63, 3.8) is 0 Å². The van der Waals surface area contributed by atoms with Gasteiger partial charge in [0.05, 0.1) is 10.2 Å². The molecule has 1 nitrogen and oxygen atoms in total. The maximum Gasteiger partial charge on any atom is 0.152 e. The minimum Gasteiger partial charge on any atom is -0.204 e. The summed E-state index contributed by atoms with van der Waals surface area (Å²) in [5.41, 5.74) is 2.82. The minimum absolute atomic E-state index is 0.00153. The van der Waals surface area contributed by atoms with Crippen molar-refractivity contribution in [2.75, 3.05) is 0 Å². The number of aliphatic imine (C=N–C) groups is 1. The monoisotopic (exact) mass is 439 g/mol. The van der Waals surface area contributed by atoms with E-state index in [1.807, 2.05) is 0 Å². The van der Waals surface area contributed by atoms with Crippen molar-refractivity contribution in [3.05, 3.63) is 63.9 Å². The molecule has 0 amide bonds. The Morgan fingerprint density at radius 3 is 2.37 bits per heavy atom. The Morgan fingerprint density at radius 2 is 1.73 bits per heavy atom. The van der Waals surface area contributed by atoms with Gasteiger partial charge in [-0.3, -0.25) is 0 Å². The van der Waals surface area contributed by atoms with Crippen LogP contribution < -0.4 is 0 Å². The van der Waals surface area contributed by atoms with Gasteiger partial charge in [0.1, 0.15) is 5.69 Å². The second kappa shape index (κ2) is 11.4. The van der Waals surface area contributed by atoms with Crippen molar-refractivity contribution in [1.82, 2.24) is 0 Å². The Labute approximate surface area is 189 Å². The van der Waals surface area contributed by atoms with Gasteiger partial charge in [-0.25, -0.2) is 4.39 Å². The van der Waals surface area contributed by atoms with Crippen molar-refractivity contribution < 1.29 is 4.39 Å². The van der Waals surface area contributed by atoms with Gasteiger partial charge in [0.15, 0.2) is 5.82 Å². The second-order valence-electron chi connectivity index (χ2n) is 8.08.